The molecule has 2 aromatic rings. The van der Waals surface area contributed by atoms with Crippen LogP contribution in [-0.4, -0.2) is 34.7 Å². The minimum Gasteiger partial charge on any atom is -0.351 e. The lowest BCUT2D eigenvalue weighted by Crippen LogP contribution is -2.52. The zero-order chi connectivity index (χ0) is 13.9. The van der Waals surface area contributed by atoms with Crippen LogP contribution >= 0.6 is 0 Å². The van der Waals surface area contributed by atoms with Crippen LogP contribution in [0, 0.1) is 0 Å². The van der Waals surface area contributed by atoms with Crippen molar-refractivity contribution < 1.29 is 4.79 Å². The van der Waals surface area contributed by atoms with Crippen molar-refractivity contribution in [3.8, 4) is 0 Å². The summed E-state index contributed by atoms with van der Waals surface area (Å²) in [6.45, 7) is 3.16. The Morgan fingerprint density at radius 1 is 1.45 bits per heavy atom. The number of carbonyl (C=O) groups is 1. The van der Waals surface area contributed by atoms with Gasteiger partial charge >= 0.3 is 0 Å². The molecule has 5 heteroatoms. The first-order valence-electron chi connectivity index (χ1n) is 7.19. The van der Waals surface area contributed by atoms with E-state index < -0.39 is 0 Å². The second kappa shape index (κ2) is 5.63. The smallest absolute Gasteiger partial charge is 0.226 e. The van der Waals surface area contributed by atoms with E-state index in [2.05, 4.69) is 27.8 Å². The van der Waals surface area contributed by atoms with Crippen LogP contribution in [0.5, 0.6) is 0 Å². The fraction of sp³-hybridized carbons (Fsp3) is 0.467. The summed E-state index contributed by atoms with van der Waals surface area (Å²) in [5.41, 5.74) is 1.79. The molecule has 0 radical (unpaired) electrons. The van der Waals surface area contributed by atoms with Crippen molar-refractivity contribution in [3.05, 3.63) is 30.0 Å². The van der Waals surface area contributed by atoms with E-state index in [0.29, 0.717) is 12.5 Å². The van der Waals surface area contributed by atoms with Gasteiger partial charge in [-0.25, -0.2) is 0 Å². The summed E-state index contributed by atoms with van der Waals surface area (Å²) in [5, 5.41) is 14.7. The van der Waals surface area contributed by atoms with Gasteiger partial charge in [-0.1, -0.05) is 18.2 Å². The van der Waals surface area contributed by atoms with E-state index in [1.807, 2.05) is 24.3 Å². The van der Waals surface area contributed by atoms with Crippen LogP contribution in [0.3, 0.4) is 0 Å². The zero-order valence-corrected chi connectivity index (χ0v) is 11.6. The topological polar surface area (TPSA) is 69.8 Å². The zero-order valence-electron chi connectivity index (χ0n) is 11.6. The van der Waals surface area contributed by atoms with Crippen molar-refractivity contribution in [3.63, 3.8) is 0 Å². The number of nitrogens with zero attached hydrogens (tertiary/aromatic N) is 1. The molecule has 3 N–H and O–H groups in total. The van der Waals surface area contributed by atoms with E-state index in [1.165, 1.54) is 0 Å². The number of H-pyrrole nitrogens is 1. The molecule has 1 fully saturated rings. The van der Waals surface area contributed by atoms with Crippen molar-refractivity contribution in [2.75, 3.05) is 6.54 Å². The van der Waals surface area contributed by atoms with Crippen molar-refractivity contribution in [2.45, 2.75) is 38.3 Å². The van der Waals surface area contributed by atoms with Gasteiger partial charge in [-0.3, -0.25) is 9.89 Å². The fourth-order valence-electron chi connectivity index (χ4n) is 2.81. The van der Waals surface area contributed by atoms with Gasteiger partial charge in [0, 0.05) is 17.5 Å². The van der Waals surface area contributed by atoms with Crippen molar-refractivity contribution in [1.82, 2.24) is 20.8 Å². The number of amides is 1. The number of piperidine rings is 1. The van der Waals surface area contributed by atoms with Crippen molar-refractivity contribution in [2.24, 2.45) is 0 Å². The predicted molar refractivity (Wildman–Crippen MR) is 78.4 cm³/mol. The van der Waals surface area contributed by atoms with Gasteiger partial charge < -0.3 is 10.6 Å². The van der Waals surface area contributed by atoms with E-state index in [1.54, 1.807) is 0 Å². The monoisotopic (exact) mass is 272 g/mol. The molecule has 1 aliphatic rings. The van der Waals surface area contributed by atoms with Gasteiger partial charge in [-0.05, 0) is 32.4 Å². The molecule has 5 nitrogen and oxygen atoms in total. The Kier molecular flexibility index (Phi) is 3.69. The first kappa shape index (κ1) is 13.1. The molecule has 0 spiro atoms. The summed E-state index contributed by atoms with van der Waals surface area (Å²) < 4.78 is 0. The molecule has 3 rings (SSSR count). The number of hydrogen-bond donors (Lipinski definition) is 3. The minimum absolute atomic E-state index is 0.0555. The third kappa shape index (κ3) is 2.67. The molecule has 0 aliphatic carbocycles. The highest BCUT2D eigenvalue weighted by Gasteiger charge is 2.22. The van der Waals surface area contributed by atoms with Gasteiger partial charge in [-0.2, -0.15) is 5.10 Å². The van der Waals surface area contributed by atoms with E-state index >= 15 is 0 Å². The molecule has 0 saturated carbocycles. The van der Waals surface area contributed by atoms with Crippen LogP contribution in [0.2, 0.25) is 0 Å². The predicted octanol–water partition coefficient (Wildman–Crippen LogP) is 1.36. The third-order valence-corrected chi connectivity index (χ3v) is 3.99. The molecule has 1 amide bonds. The average Bonchev–Trinajstić information content (AvgIpc) is 2.85. The van der Waals surface area contributed by atoms with E-state index in [0.717, 1.165) is 36.0 Å². The Balaban J connectivity index is 1.66. The molecule has 20 heavy (non-hydrogen) atoms. The molecule has 1 saturated heterocycles. The second-order valence-electron chi connectivity index (χ2n) is 5.46. The van der Waals surface area contributed by atoms with E-state index in [9.17, 15) is 4.79 Å². The van der Waals surface area contributed by atoms with E-state index in [-0.39, 0.29) is 11.9 Å². The van der Waals surface area contributed by atoms with Gasteiger partial charge in [0.05, 0.1) is 17.6 Å². The second-order valence-corrected chi connectivity index (χ2v) is 5.46. The van der Waals surface area contributed by atoms with E-state index in [4.69, 9.17) is 0 Å². The lowest BCUT2D eigenvalue weighted by molar-refractivity contribution is -0.121. The summed E-state index contributed by atoms with van der Waals surface area (Å²) in [6, 6.07) is 8.41. The van der Waals surface area contributed by atoms with Gasteiger partial charge in [0.2, 0.25) is 5.91 Å². The number of benzene rings is 1. The summed E-state index contributed by atoms with van der Waals surface area (Å²) in [4.78, 5) is 12.2. The Labute approximate surface area is 118 Å². The SMILES string of the molecule is CC1NCCCC1NC(=O)Cc1[nH]nc2ccccc12. The third-order valence-electron chi connectivity index (χ3n) is 3.99. The van der Waals surface area contributed by atoms with Crippen LogP contribution in [0.1, 0.15) is 25.5 Å². The molecule has 1 aromatic carbocycles. The van der Waals surface area contributed by atoms with Crippen LogP contribution < -0.4 is 10.6 Å². The molecular formula is C15H20N4O. The Hall–Kier alpha value is -1.88. The first-order chi connectivity index (χ1) is 9.74. The van der Waals surface area contributed by atoms with Gasteiger partial charge in [0.1, 0.15) is 0 Å². The van der Waals surface area contributed by atoms with Crippen LogP contribution in [0.15, 0.2) is 24.3 Å². The van der Waals surface area contributed by atoms with Crippen LogP contribution in [0.25, 0.3) is 10.9 Å². The standard InChI is InChI=1S/C15H20N4O/c1-10-12(7-4-8-16-10)17-15(20)9-14-11-5-2-3-6-13(11)18-19-14/h2-3,5-6,10,12,16H,4,7-9H2,1H3,(H,17,20)(H,18,19). The molecule has 2 unspecified atom stereocenters. The highest BCUT2D eigenvalue weighted by molar-refractivity contribution is 5.87. The number of aromatic nitrogens is 2. The summed E-state index contributed by atoms with van der Waals surface area (Å²) in [7, 11) is 0. The average molecular weight is 272 g/mol. The molecule has 2 atom stereocenters. The maximum atomic E-state index is 12.2. The molecule has 2 heterocycles. The maximum absolute atomic E-state index is 12.2. The number of rotatable bonds is 3. The van der Waals surface area contributed by atoms with Gasteiger partial charge in [0.25, 0.3) is 0 Å². The first-order valence-corrected chi connectivity index (χ1v) is 7.19. The number of fused-ring (bicyclic) bond motifs is 1. The highest BCUT2D eigenvalue weighted by Crippen LogP contribution is 2.16. The molecule has 1 aromatic heterocycles. The number of aromatic amines is 1. The Bertz CT molecular complexity index is 607. The van der Waals surface area contributed by atoms with Crippen molar-refractivity contribution >= 4 is 16.8 Å². The maximum Gasteiger partial charge on any atom is 0.226 e. The number of nitrogens with one attached hydrogen (secondary N) is 3. The number of para-hydroxylation sites is 1. The van der Waals surface area contributed by atoms with Crippen LogP contribution in [0.4, 0.5) is 0 Å². The van der Waals surface area contributed by atoms with Gasteiger partial charge in [0.15, 0.2) is 0 Å². The fourth-order valence-corrected chi connectivity index (χ4v) is 2.81. The lowest BCUT2D eigenvalue weighted by Gasteiger charge is -2.30. The Morgan fingerprint density at radius 2 is 2.30 bits per heavy atom. The highest BCUT2D eigenvalue weighted by atomic mass is 16.1. The summed E-state index contributed by atoms with van der Waals surface area (Å²) >= 11 is 0. The Morgan fingerprint density at radius 3 is 3.15 bits per heavy atom. The largest absolute Gasteiger partial charge is 0.351 e. The molecule has 0 bridgehead atoms. The normalized spacial score (nSPS) is 22.9. The molecular weight excluding hydrogens is 252 g/mol. The number of carbonyl (C=O) groups excluding carboxylic acids is 1. The minimum atomic E-state index is 0.0555. The van der Waals surface area contributed by atoms with Gasteiger partial charge in [-0.15, -0.1) is 0 Å². The lowest BCUT2D eigenvalue weighted by atomic mass is 9.99. The molecule has 106 valence electrons. The number of hydrogen-bond acceptors (Lipinski definition) is 3. The quantitative estimate of drug-likeness (QED) is 0.790. The van der Waals surface area contributed by atoms with Crippen LogP contribution in [-0.2, 0) is 11.2 Å². The summed E-state index contributed by atoms with van der Waals surface area (Å²) in [6.07, 6.45) is 2.51. The van der Waals surface area contributed by atoms with Crippen molar-refractivity contribution in [1.29, 1.82) is 0 Å². The molecule has 1 aliphatic heterocycles. The summed E-state index contributed by atoms with van der Waals surface area (Å²) in [5.74, 6) is 0.0555.